The molecule has 1 aliphatic rings. The van der Waals surface area contributed by atoms with Gasteiger partial charge in [0.25, 0.3) is 0 Å². The van der Waals surface area contributed by atoms with Gasteiger partial charge in [-0.2, -0.15) is 0 Å². The van der Waals surface area contributed by atoms with E-state index in [0.717, 1.165) is 18.7 Å². The number of rotatable bonds is 5. The van der Waals surface area contributed by atoms with Crippen LogP contribution in [0.2, 0.25) is 0 Å². The zero-order chi connectivity index (χ0) is 18.7. The Labute approximate surface area is 161 Å². The fourth-order valence-corrected chi connectivity index (χ4v) is 5.91. The van der Waals surface area contributed by atoms with Crippen molar-refractivity contribution in [1.82, 2.24) is 4.90 Å². The summed E-state index contributed by atoms with van der Waals surface area (Å²) >= 11 is 0. The molecule has 0 amide bonds. The third-order valence-electron chi connectivity index (χ3n) is 5.29. The van der Waals surface area contributed by atoms with Gasteiger partial charge in [0, 0.05) is 25.6 Å². The highest BCUT2D eigenvalue weighted by Gasteiger charge is 2.42. The molecule has 0 N–H and O–H groups in total. The largest absolute Gasteiger partial charge is 0.297 e. The molecule has 0 radical (unpaired) electrons. The fourth-order valence-electron chi connectivity index (χ4n) is 3.94. The third kappa shape index (κ3) is 3.82. The molecule has 0 aromatic heterocycles. The molecular weight excluding hydrogens is 354 g/mol. The van der Waals surface area contributed by atoms with Crippen LogP contribution in [0.4, 0.5) is 0 Å². The maximum Gasteiger partial charge on any atom is 0.183 e. The van der Waals surface area contributed by atoms with Crippen LogP contribution in [0.3, 0.4) is 0 Å². The molecule has 0 saturated carbocycles. The molecule has 27 heavy (non-hydrogen) atoms. The van der Waals surface area contributed by atoms with Crippen molar-refractivity contribution in [2.75, 3.05) is 13.1 Å². The van der Waals surface area contributed by atoms with Crippen LogP contribution in [-0.2, 0) is 16.4 Å². The van der Waals surface area contributed by atoms with Crippen LogP contribution in [0.25, 0.3) is 0 Å². The second kappa shape index (κ2) is 7.67. The summed E-state index contributed by atoms with van der Waals surface area (Å²) in [5.41, 5.74) is 2.31. The van der Waals surface area contributed by atoms with Crippen molar-refractivity contribution in [2.45, 2.75) is 22.6 Å². The molecule has 3 nitrogen and oxygen atoms in total. The summed E-state index contributed by atoms with van der Waals surface area (Å²) in [6.07, 6.45) is 0. The minimum atomic E-state index is -3.40. The molecule has 0 unspecified atom stereocenters. The van der Waals surface area contributed by atoms with Gasteiger partial charge in [0.2, 0.25) is 0 Å². The van der Waals surface area contributed by atoms with E-state index in [9.17, 15) is 8.42 Å². The van der Waals surface area contributed by atoms with Crippen LogP contribution in [0.15, 0.2) is 95.9 Å². The van der Waals surface area contributed by atoms with Gasteiger partial charge in [-0.25, -0.2) is 8.42 Å². The number of hydrogen-bond acceptors (Lipinski definition) is 3. The third-order valence-corrected chi connectivity index (χ3v) is 7.49. The first-order valence-electron chi connectivity index (χ1n) is 9.25. The van der Waals surface area contributed by atoms with E-state index in [1.54, 1.807) is 24.3 Å². The summed E-state index contributed by atoms with van der Waals surface area (Å²) in [7, 11) is -3.40. The highest BCUT2D eigenvalue weighted by Crippen LogP contribution is 2.35. The summed E-state index contributed by atoms with van der Waals surface area (Å²) in [6.45, 7) is 2.06. The molecule has 1 saturated heterocycles. The molecule has 0 spiro atoms. The van der Waals surface area contributed by atoms with Crippen molar-refractivity contribution in [3.05, 3.63) is 102 Å². The van der Waals surface area contributed by atoms with Gasteiger partial charge in [-0.1, -0.05) is 78.9 Å². The lowest BCUT2D eigenvalue weighted by Gasteiger charge is -2.19. The van der Waals surface area contributed by atoms with Gasteiger partial charge in [-0.05, 0) is 23.3 Å². The summed E-state index contributed by atoms with van der Waals surface area (Å²) in [4.78, 5) is 2.68. The molecule has 3 aromatic rings. The second-order valence-electron chi connectivity index (χ2n) is 7.09. The quantitative estimate of drug-likeness (QED) is 0.671. The maximum atomic E-state index is 13.4. The van der Waals surface area contributed by atoms with E-state index in [1.807, 2.05) is 54.6 Å². The Morgan fingerprint density at radius 1 is 0.741 bits per heavy atom. The van der Waals surface area contributed by atoms with Crippen molar-refractivity contribution in [2.24, 2.45) is 0 Å². The van der Waals surface area contributed by atoms with Crippen molar-refractivity contribution < 1.29 is 8.42 Å². The van der Waals surface area contributed by atoms with E-state index in [1.165, 1.54) is 5.56 Å². The molecule has 4 heteroatoms. The molecule has 138 valence electrons. The molecule has 1 heterocycles. The highest BCUT2D eigenvalue weighted by atomic mass is 32.2. The van der Waals surface area contributed by atoms with Crippen LogP contribution in [0.5, 0.6) is 0 Å². The molecule has 1 aliphatic heterocycles. The standard InChI is InChI=1S/C23H23NO2S/c25-27(26,21-14-8-3-9-15-21)23-18-24(16-19-10-4-1-5-11-19)17-22(23)20-12-6-2-7-13-20/h1-15,22-23H,16-18H2/t22-,23+/m0/s1. The summed E-state index contributed by atoms with van der Waals surface area (Å²) in [5.74, 6) is -0.0277. The fraction of sp³-hybridized carbons (Fsp3) is 0.217. The Bertz CT molecular complexity index is 973. The minimum Gasteiger partial charge on any atom is -0.297 e. The number of sulfone groups is 1. The van der Waals surface area contributed by atoms with Crippen LogP contribution in [0, 0.1) is 0 Å². The number of hydrogen-bond donors (Lipinski definition) is 0. The minimum absolute atomic E-state index is 0.0277. The average molecular weight is 378 g/mol. The van der Waals surface area contributed by atoms with E-state index in [4.69, 9.17) is 0 Å². The van der Waals surface area contributed by atoms with E-state index < -0.39 is 15.1 Å². The van der Waals surface area contributed by atoms with Crippen LogP contribution in [0.1, 0.15) is 17.0 Å². The Morgan fingerprint density at radius 2 is 1.30 bits per heavy atom. The second-order valence-corrected chi connectivity index (χ2v) is 9.26. The van der Waals surface area contributed by atoms with Crippen LogP contribution < -0.4 is 0 Å². The van der Waals surface area contributed by atoms with Crippen molar-refractivity contribution in [3.63, 3.8) is 0 Å². The predicted molar refractivity (Wildman–Crippen MR) is 108 cm³/mol. The zero-order valence-electron chi connectivity index (χ0n) is 15.1. The first-order valence-corrected chi connectivity index (χ1v) is 10.8. The summed E-state index contributed by atoms with van der Waals surface area (Å²) in [6, 6.07) is 29.1. The van der Waals surface area contributed by atoms with Crippen LogP contribution in [-0.4, -0.2) is 31.7 Å². The lowest BCUT2D eigenvalue weighted by molar-refractivity contribution is 0.327. The molecule has 0 bridgehead atoms. The number of nitrogens with zero attached hydrogens (tertiary/aromatic N) is 1. The lowest BCUT2D eigenvalue weighted by atomic mass is 9.98. The number of likely N-dealkylation sites (tertiary alicyclic amines) is 1. The van der Waals surface area contributed by atoms with E-state index in [0.29, 0.717) is 11.4 Å². The van der Waals surface area contributed by atoms with Gasteiger partial charge in [0.05, 0.1) is 10.1 Å². The summed E-state index contributed by atoms with van der Waals surface area (Å²) < 4.78 is 26.8. The predicted octanol–water partition coefficient (Wildman–Crippen LogP) is 4.13. The van der Waals surface area contributed by atoms with Gasteiger partial charge in [-0.3, -0.25) is 4.90 Å². The SMILES string of the molecule is O=S(=O)(c1ccccc1)[C@@H]1CN(Cc2ccccc2)C[C@H]1c1ccccc1. The van der Waals surface area contributed by atoms with Gasteiger partial charge in [0.1, 0.15) is 0 Å². The Balaban J connectivity index is 1.66. The normalized spacial score (nSPS) is 20.6. The molecular formula is C23H23NO2S. The zero-order valence-corrected chi connectivity index (χ0v) is 15.9. The summed E-state index contributed by atoms with van der Waals surface area (Å²) in [5, 5.41) is -0.439. The van der Waals surface area contributed by atoms with E-state index in [2.05, 4.69) is 17.0 Å². The van der Waals surface area contributed by atoms with Gasteiger partial charge >= 0.3 is 0 Å². The molecule has 4 rings (SSSR count). The van der Waals surface area contributed by atoms with E-state index >= 15 is 0 Å². The maximum absolute atomic E-state index is 13.4. The Hall–Kier alpha value is -2.43. The van der Waals surface area contributed by atoms with Crippen molar-refractivity contribution in [1.29, 1.82) is 0 Å². The van der Waals surface area contributed by atoms with E-state index in [-0.39, 0.29) is 5.92 Å². The molecule has 3 aromatic carbocycles. The topological polar surface area (TPSA) is 37.4 Å². The lowest BCUT2D eigenvalue weighted by Crippen LogP contribution is -2.29. The number of benzene rings is 3. The average Bonchev–Trinajstić information content (AvgIpc) is 3.15. The molecule has 0 aliphatic carbocycles. The van der Waals surface area contributed by atoms with Crippen LogP contribution >= 0.6 is 0 Å². The molecule has 1 fully saturated rings. The van der Waals surface area contributed by atoms with Gasteiger partial charge < -0.3 is 0 Å². The van der Waals surface area contributed by atoms with Gasteiger partial charge in [-0.15, -0.1) is 0 Å². The van der Waals surface area contributed by atoms with Crippen molar-refractivity contribution >= 4 is 9.84 Å². The van der Waals surface area contributed by atoms with Crippen molar-refractivity contribution in [3.8, 4) is 0 Å². The van der Waals surface area contributed by atoms with Gasteiger partial charge in [0.15, 0.2) is 9.84 Å². The molecule has 2 atom stereocenters. The monoisotopic (exact) mass is 377 g/mol. The first-order chi connectivity index (χ1) is 13.1. The Morgan fingerprint density at radius 3 is 1.93 bits per heavy atom. The highest BCUT2D eigenvalue weighted by molar-refractivity contribution is 7.92. The first kappa shape index (κ1) is 18.0. The smallest absolute Gasteiger partial charge is 0.183 e. The Kier molecular flexibility index (Phi) is 5.10.